The first-order valence-electron chi connectivity index (χ1n) is 9.44. The van der Waals surface area contributed by atoms with Gasteiger partial charge < -0.3 is 9.47 Å². The van der Waals surface area contributed by atoms with Crippen LogP contribution in [0.3, 0.4) is 0 Å². The van der Waals surface area contributed by atoms with Gasteiger partial charge in [0.2, 0.25) is 5.78 Å². The molecule has 0 radical (unpaired) electrons. The van der Waals surface area contributed by atoms with Crippen molar-refractivity contribution in [1.82, 2.24) is 0 Å². The zero-order valence-electron chi connectivity index (χ0n) is 15.5. The molecule has 0 aliphatic carbocycles. The summed E-state index contributed by atoms with van der Waals surface area (Å²) in [5.74, 6) is -0.0751. The smallest absolute Gasteiger partial charge is 0.201 e. The minimum Gasteiger partial charge on any atom is -0.348 e. The largest absolute Gasteiger partial charge is 0.348 e. The van der Waals surface area contributed by atoms with Gasteiger partial charge in [0, 0.05) is 12.0 Å². The van der Waals surface area contributed by atoms with Crippen LogP contribution in [-0.2, 0) is 15.1 Å². The molecule has 0 saturated carbocycles. The van der Waals surface area contributed by atoms with Crippen LogP contribution in [0.2, 0.25) is 0 Å². The molecule has 1 aliphatic heterocycles. The van der Waals surface area contributed by atoms with Gasteiger partial charge in [0.15, 0.2) is 11.9 Å². The summed E-state index contributed by atoms with van der Waals surface area (Å²) >= 11 is 0. The third kappa shape index (κ3) is 3.81. The average Bonchev–Trinajstić information content (AvgIpc) is 3.21. The SMILES string of the molecule is O=C(c1ccccc1)C1(c2ccccc2)COC(CC=Cc2ccccc2)O1. The fraction of sp³-hybridized carbons (Fsp3) is 0.160. The van der Waals surface area contributed by atoms with E-state index >= 15 is 0 Å². The fourth-order valence-corrected chi connectivity index (χ4v) is 3.43. The number of ketones is 1. The van der Waals surface area contributed by atoms with Crippen molar-refractivity contribution in [2.24, 2.45) is 0 Å². The zero-order valence-corrected chi connectivity index (χ0v) is 15.5. The van der Waals surface area contributed by atoms with Gasteiger partial charge in [-0.05, 0) is 11.1 Å². The van der Waals surface area contributed by atoms with Crippen molar-refractivity contribution in [2.45, 2.75) is 18.3 Å². The van der Waals surface area contributed by atoms with E-state index in [9.17, 15) is 4.79 Å². The van der Waals surface area contributed by atoms with Gasteiger partial charge in [0.05, 0.1) is 6.61 Å². The molecule has 3 aromatic rings. The average molecular weight is 370 g/mol. The summed E-state index contributed by atoms with van der Waals surface area (Å²) in [6.07, 6.45) is 4.17. The molecule has 0 amide bonds. The molecular weight excluding hydrogens is 348 g/mol. The molecule has 0 spiro atoms. The molecule has 3 heteroatoms. The molecule has 3 nitrogen and oxygen atoms in total. The highest BCUT2D eigenvalue weighted by Gasteiger charge is 2.49. The van der Waals surface area contributed by atoms with Gasteiger partial charge in [-0.25, -0.2) is 0 Å². The zero-order chi connectivity index (χ0) is 19.2. The molecule has 140 valence electrons. The second kappa shape index (κ2) is 8.34. The topological polar surface area (TPSA) is 35.5 Å². The van der Waals surface area contributed by atoms with E-state index in [2.05, 4.69) is 0 Å². The van der Waals surface area contributed by atoms with Crippen LogP contribution in [0, 0.1) is 0 Å². The molecule has 2 unspecified atom stereocenters. The van der Waals surface area contributed by atoms with Crippen molar-refractivity contribution < 1.29 is 14.3 Å². The lowest BCUT2D eigenvalue weighted by Crippen LogP contribution is -2.39. The van der Waals surface area contributed by atoms with Crippen LogP contribution in [0.5, 0.6) is 0 Å². The maximum absolute atomic E-state index is 13.4. The van der Waals surface area contributed by atoms with E-state index in [4.69, 9.17) is 9.47 Å². The Morgan fingerprint density at radius 3 is 2.18 bits per heavy atom. The van der Waals surface area contributed by atoms with Crippen molar-refractivity contribution in [3.63, 3.8) is 0 Å². The lowest BCUT2D eigenvalue weighted by atomic mass is 9.86. The summed E-state index contributed by atoms with van der Waals surface area (Å²) in [7, 11) is 0. The third-order valence-corrected chi connectivity index (χ3v) is 4.89. The standard InChI is InChI=1S/C25H22O3/c26-24(21-14-6-2-7-15-21)25(22-16-8-3-9-17-22)19-27-23(28-25)18-10-13-20-11-4-1-5-12-20/h1-17,23H,18-19H2. The Kier molecular flexibility index (Phi) is 5.47. The van der Waals surface area contributed by atoms with E-state index in [1.54, 1.807) is 0 Å². The Bertz CT molecular complexity index is 935. The number of benzene rings is 3. The summed E-state index contributed by atoms with van der Waals surface area (Å²) < 4.78 is 12.2. The van der Waals surface area contributed by atoms with Gasteiger partial charge in [-0.2, -0.15) is 0 Å². The molecule has 0 N–H and O–H groups in total. The normalized spacial score (nSPS) is 21.8. The molecule has 0 aromatic heterocycles. The molecular formula is C25H22O3. The Morgan fingerprint density at radius 1 is 0.893 bits per heavy atom. The Labute approximate surface area is 165 Å². The Balaban J connectivity index is 1.56. The first-order chi connectivity index (χ1) is 13.8. The van der Waals surface area contributed by atoms with Gasteiger partial charge in [0.25, 0.3) is 0 Å². The van der Waals surface area contributed by atoms with Crippen molar-refractivity contribution in [3.8, 4) is 0 Å². The van der Waals surface area contributed by atoms with Crippen LogP contribution < -0.4 is 0 Å². The van der Waals surface area contributed by atoms with Crippen molar-refractivity contribution in [1.29, 1.82) is 0 Å². The quantitative estimate of drug-likeness (QED) is 0.557. The number of Topliss-reactive ketones (excluding diaryl/α,β-unsaturated/α-hetero) is 1. The lowest BCUT2D eigenvalue weighted by Gasteiger charge is -2.26. The minimum atomic E-state index is -1.12. The van der Waals surface area contributed by atoms with Gasteiger partial charge >= 0.3 is 0 Å². The number of carbonyl (C=O) groups is 1. The highest BCUT2D eigenvalue weighted by Crippen LogP contribution is 2.38. The summed E-state index contributed by atoms with van der Waals surface area (Å²) in [5, 5.41) is 0. The van der Waals surface area contributed by atoms with Gasteiger partial charge in [-0.1, -0.05) is 103 Å². The van der Waals surface area contributed by atoms with E-state index in [1.807, 2.05) is 103 Å². The molecule has 0 bridgehead atoms. The fourth-order valence-electron chi connectivity index (χ4n) is 3.43. The maximum Gasteiger partial charge on any atom is 0.201 e. The first-order valence-corrected chi connectivity index (χ1v) is 9.44. The molecule has 1 fully saturated rings. The maximum atomic E-state index is 13.4. The molecule has 1 aliphatic rings. The van der Waals surface area contributed by atoms with Gasteiger partial charge in [-0.3, -0.25) is 4.79 Å². The molecule has 28 heavy (non-hydrogen) atoms. The Morgan fingerprint density at radius 2 is 1.50 bits per heavy atom. The van der Waals surface area contributed by atoms with Crippen molar-refractivity contribution >= 4 is 11.9 Å². The number of ether oxygens (including phenoxy) is 2. The second-order valence-electron chi connectivity index (χ2n) is 6.80. The second-order valence-corrected chi connectivity index (χ2v) is 6.80. The summed E-state index contributed by atoms with van der Waals surface area (Å²) in [6.45, 7) is 0.203. The third-order valence-electron chi connectivity index (χ3n) is 4.89. The summed E-state index contributed by atoms with van der Waals surface area (Å²) in [4.78, 5) is 13.4. The van der Waals surface area contributed by atoms with E-state index in [1.165, 1.54) is 0 Å². The van der Waals surface area contributed by atoms with Crippen LogP contribution >= 0.6 is 0 Å². The van der Waals surface area contributed by atoms with Gasteiger partial charge in [-0.15, -0.1) is 0 Å². The number of rotatable bonds is 6. The summed E-state index contributed by atoms with van der Waals surface area (Å²) in [5.41, 5.74) is 1.44. The van der Waals surface area contributed by atoms with Crippen LogP contribution in [0.25, 0.3) is 6.08 Å². The van der Waals surface area contributed by atoms with E-state index in [-0.39, 0.29) is 12.4 Å². The van der Waals surface area contributed by atoms with E-state index < -0.39 is 11.9 Å². The van der Waals surface area contributed by atoms with Crippen LogP contribution in [0.15, 0.2) is 97.1 Å². The lowest BCUT2D eigenvalue weighted by molar-refractivity contribution is -0.0769. The molecule has 1 saturated heterocycles. The monoisotopic (exact) mass is 370 g/mol. The molecule has 2 atom stereocenters. The number of hydrogen-bond acceptors (Lipinski definition) is 3. The van der Waals surface area contributed by atoms with Crippen LogP contribution in [0.4, 0.5) is 0 Å². The molecule has 3 aromatic carbocycles. The highest BCUT2D eigenvalue weighted by molar-refractivity contribution is 6.03. The summed E-state index contributed by atoms with van der Waals surface area (Å²) in [6, 6.07) is 28.9. The number of hydrogen-bond donors (Lipinski definition) is 0. The van der Waals surface area contributed by atoms with E-state index in [0.717, 1.165) is 11.1 Å². The van der Waals surface area contributed by atoms with E-state index in [0.29, 0.717) is 12.0 Å². The first kappa shape index (κ1) is 18.4. The predicted octanol–water partition coefficient (Wildman–Crippen LogP) is 5.24. The Hall–Kier alpha value is -3.01. The molecule has 1 heterocycles. The van der Waals surface area contributed by atoms with Crippen molar-refractivity contribution in [3.05, 3.63) is 114 Å². The predicted molar refractivity (Wildman–Crippen MR) is 110 cm³/mol. The minimum absolute atomic E-state index is 0.0751. The molecule has 4 rings (SSSR count). The van der Waals surface area contributed by atoms with Crippen LogP contribution in [-0.4, -0.2) is 18.7 Å². The van der Waals surface area contributed by atoms with Gasteiger partial charge in [0.1, 0.15) is 0 Å². The van der Waals surface area contributed by atoms with Crippen LogP contribution in [0.1, 0.15) is 27.9 Å². The van der Waals surface area contributed by atoms with Crippen molar-refractivity contribution in [2.75, 3.05) is 6.61 Å². The highest BCUT2D eigenvalue weighted by atomic mass is 16.7. The number of carbonyl (C=O) groups excluding carboxylic acids is 1.